The number of carbonyl (C=O) groups is 3. The molecule has 1 heterocycles. The van der Waals surface area contributed by atoms with Crippen LogP contribution in [0.3, 0.4) is 0 Å². The molecule has 144 valence electrons. The van der Waals surface area contributed by atoms with Crippen molar-refractivity contribution >= 4 is 23.5 Å². The number of amides is 1. The van der Waals surface area contributed by atoms with Crippen LogP contribution in [0, 0.1) is 11.6 Å². The monoisotopic (exact) mass is 382 g/mol. The number of hydrogen-bond acceptors (Lipinski definition) is 7. The van der Waals surface area contributed by atoms with E-state index in [0.717, 1.165) is 16.8 Å². The molecular weight excluding hydrogens is 366 g/mol. The van der Waals surface area contributed by atoms with Crippen LogP contribution in [0.15, 0.2) is 18.2 Å². The average Bonchev–Trinajstić information content (AvgIpc) is 3.01. The molecule has 27 heavy (non-hydrogen) atoms. The van der Waals surface area contributed by atoms with Gasteiger partial charge < -0.3 is 14.8 Å². The van der Waals surface area contributed by atoms with Gasteiger partial charge in [0.15, 0.2) is 5.69 Å². The Morgan fingerprint density at radius 2 is 1.78 bits per heavy atom. The number of halogens is 2. The van der Waals surface area contributed by atoms with Crippen LogP contribution in [0.5, 0.6) is 0 Å². The maximum Gasteiger partial charge on any atom is 0.361 e. The predicted molar refractivity (Wildman–Crippen MR) is 86.9 cm³/mol. The van der Waals surface area contributed by atoms with Crippen LogP contribution in [0.25, 0.3) is 0 Å². The maximum absolute atomic E-state index is 13.6. The largest absolute Gasteiger partial charge is 0.461 e. The fourth-order valence-corrected chi connectivity index (χ4v) is 2.08. The Morgan fingerprint density at radius 3 is 2.41 bits per heavy atom. The van der Waals surface area contributed by atoms with Gasteiger partial charge in [0.25, 0.3) is 0 Å². The van der Waals surface area contributed by atoms with E-state index in [9.17, 15) is 23.2 Å². The molecule has 0 radical (unpaired) electrons. The summed E-state index contributed by atoms with van der Waals surface area (Å²) in [7, 11) is 0. The van der Waals surface area contributed by atoms with Gasteiger partial charge in [-0.15, -0.1) is 5.10 Å². The zero-order valence-corrected chi connectivity index (χ0v) is 14.5. The summed E-state index contributed by atoms with van der Waals surface area (Å²) in [6.45, 7) is 2.60. The van der Waals surface area contributed by atoms with Gasteiger partial charge in [0.1, 0.15) is 18.2 Å². The third kappa shape index (κ3) is 4.84. The fourth-order valence-electron chi connectivity index (χ4n) is 2.08. The Hall–Kier alpha value is -3.37. The summed E-state index contributed by atoms with van der Waals surface area (Å²) in [4.78, 5) is 36.2. The molecule has 2 aromatic rings. The van der Waals surface area contributed by atoms with Gasteiger partial charge in [0.05, 0.1) is 18.9 Å². The molecule has 1 aromatic heterocycles. The summed E-state index contributed by atoms with van der Waals surface area (Å²) in [5.74, 6) is -4.39. The summed E-state index contributed by atoms with van der Waals surface area (Å²) in [5.41, 5.74) is -1.04. The van der Waals surface area contributed by atoms with Crippen LogP contribution in [0.4, 0.5) is 14.5 Å². The first-order valence-electron chi connectivity index (χ1n) is 7.90. The summed E-state index contributed by atoms with van der Waals surface area (Å²) < 4.78 is 37.0. The van der Waals surface area contributed by atoms with E-state index >= 15 is 0 Å². The smallest absolute Gasteiger partial charge is 0.361 e. The molecule has 0 spiro atoms. The third-order valence-corrected chi connectivity index (χ3v) is 3.17. The van der Waals surface area contributed by atoms with Crippen molar-refractivity contribution in [3.63, 3.8) is 0 Å². The molecule has 0 bridgehead atoms. The van der Waals surface area contributed by atoms with Crippen molar-refractivity contribution in [3.8, 4) is 0 Å². The summed E-state index contributed by atoms with van der Waals surface area (Å²) >= 11 is 0. The normalized spacial score (nSPS) is 10.4. The second kappa shape index (κ2) is 8.83. The summed E-state index contributed by atoms with van der Waals surface area (Å²) in [6.07, 6.45) is 0. The predicted octanol–water partition coefficient (Wildman–Crippen LogP) is 1.55. The minimum atomic E-state index is -0.972. The van der Waals surface area contributed by atoms with Gasteiger partial charge in [-0.3, -0.25) is 4.79 Å². The molecule has 0 aliphatic heterocycles. The van der Waals surface area contributed by atoms with Crippen molar-refractivity contribution in [1.29, 1.82) is 0 Å². The van der Waals surface area contributed by atoms with Crippen molar-refractivity contribution in [2.75, 3.05) is 18.5 Å². The molecule has 0 aliphatic rings. The lowest BCUT2D eigenvalue weighted by atomic mass is 10.3. The van der Waals surface area contributed by atoms with E-state index in [1.165, 1.54) is 0 Å². The Bertz CT molecular complexity index is 868. The molecule has 0 unspecified atom stereocenters. The highest BCUT2D eigenvalue weighted by molar-refractivity contribution is 6.01. The minimum absolute atomic E-state index is 0.0132. The standard InChI is InChI=1S/C16H16F2N4O5/c1-3-26-15(24)13-14(16(25)27-4-2)22(21-20-13)8-12(23)19-11-6-5-9(17)7-10(11)18/h5-7H,3-4,8H2,1-2H3,(H,19,23). The van der Waals surface area contributed by atoms with Crippen molar-refractivity contribution in [3.05, 3.63) is 41.2 Å². The zero-order valence-electron chi connectivity index (χ0n) is 14.5. The number of carbonyl (C=O) groups excluding carboxylic acids is 3. The molecule has 0 atom stereocenters. The molecule has 0 fully saturated rings. The van der Waals surface area contributed by atoms with Crippen LogP contribution in [0.1, 0.15) is 34.8 Å². The molecule has 11 heteroatoms. The van der Waals surface area contributed by atoms with Gasteiger partial charge >= 0.3 is 11.9 Å². The van der Waals surface area contributed by atoms with Gasteiger partial charge in [0.2, 0.25) is 11.6 Å². The Balaban J connectivity index is 2.25. The van der Waals surface area contributed by atoms with Crippen molar-refractivity contribution in [1.82, 2.24) is 15.0 Å². The van der Waals surface area contributed by atoms with E-state index in [1.807, 2.05) is 0 Å². The third-order valence-electron chi connectivity index (χ3n) is 3.17. The van der Waals surface area contributed by atoms with E-state index in [2.05, 4.69) is 15.6 Å². The quantitative estimate of drug-likeness (QED) is 0.723. The van der Waals surface area contributed by atoms with Gasteiger partial charge in [-0.25, -0.2) is 23.1 Å². The Kier molecular flexibility index (Phi) is 6.52. The van der Waals surface area contributed by atoms with Crippen LogP contribution in [0.2, 0.25) is 0 Å². The van der Waals surface area contributed by atoms with E-state index in [1.54, 1.807) is 13.8 Å². The highest BCUT2D eigenvalue weighted by atomic mass is 19.1. The first kappa shape index (κ1) is 19.9. The van der Waals surface area contributed by atoms with E-state index in [4.69, 9.17) is 9.47 Å². The number of rotatable bonds is 7. The highest BCUT2D eigenvalue weighted by Crippen LogP contribution is 2.15. The minimum Gasteiger partial charge on any atom is -0.461 e. The van der Waals surface area contributed by atoms with Crippen LogP contribution >= 0.6 is 0 Å². The van der Waals surface area contributed by atoms with Crippen molar-refractivity contribution in [2.45, 2.75) is 20.4 Å². The molecule has 1 N–H and O–H groups in total. The highest BCUT2D eigenvalue weighted by Gasteiger charge is 2.28. The summed E-state index contributed by atoms with van der Waals surface area (Å²) in [6, 6.07) is 2.62. The van der Waals surface area contributed by atoms with E-state index in [0.29, 0.717) is 6.07 Å². The molecule has 1 aromatic carbocycles. The topological polar surface area (TPSA) is 112 Å². The Morgan fingerprint density at radius 1 is 1.11 bits per heavy atom. The van der Waals surface area contributed by atoms with Gasteiger partial charge in [-0.1, -0.05) is 5.21 Å². The fraction of sp³-hybridized carbons (Fsp3) is 0.312. The van der Waals surface area contributed by atoms with E-state index in [-0.39, 0.29) is 24.6 Å². The number of hydrogen-bond donors (Lipinski definition) is 1. The Labute approximate surface area is 152 Å². The maximum atomic E-state index is 13.6. The first-order chi connectivity index (χ1) is 12.9. The lowest BCUT2D eigenvalue weighted by molar-refractivity contribution is -0.117. The summed E-state index contributed by atoms with van der Waals surface area (Å²) in [5, 5.41) is 9.36. The second-order valence-corrected chi connectivity index (χ2v) is 5.06. The van der Waals surface area contributed by atoms with Gasteiger partial charge in [0, 0.05) is 6.07 Å². The number of aromatic nitrogens is 3. The van der Waals surface area contributed by atoms with Gasteiger partial charge in [-0.05, 0) is 26.0 Å². The number of anilines is 1. The number of esters is 2. The molecular formula is C16H16F2N4O5. The molecule has 0 saturated heterocycles. The molecule has 0 saturated carbocycles. The van der Waals surface area contributed by atoms with Gasteiger partial charge in [-0.2, -0.15) is 0 Å². The second-order valence-electron chi connectivity index (χ2n) is 5.06. The van der Waals surface area contributed by atoms with Crippen molar-refractivity contribution in [2.24, 2.45) is 0 Å². The SMILES string of the molecule is CCOC(=O)c1nnn(CC(=O)Nc2ccc(F)cc2F)c1C(=O)OCC. The average molecular weight is 382 g/mol. The van der Waals surface area contributed by atoms with Crippen LogP contribution in [-0.4, -0.2) is 46.1 Å². The first-order valence-corrected chi connectivity index (χ1v) is 7.90. The molecule has 0 aliphatic carbocycles. The van der Waals surface area contributed by atoms with Crippen LogP contribution < -0.4 is 5.32 Å². The number of benzene rings is 1. The van der Waals surface area contributed by atoms with E-state index < -0.39 is 41.7 Å². The lowest BCUT2D eigenvalue weighted by Gasteiger charge is -2.09. The van der Waals surface area contributed by atoms with Crippen LogP contribution in [-0.2, 0) is 20.8 Å². The zero-order chi connectivity index (χ0) is 20.0. The van der Waals surface area contributed by atoms with Crippen molar-refractivity contribution < 1.29 is 32.6 Å². The molecule has 1 amide bonds. The number of nitrogens with one attached hydrogen (secondary N) is 1. The number of nitrogens with zero attached hydrogens (tertiary/aromatic N) is 3. The lowest BCUT2D eigenvalue weighted by Crippen LogP contribution is -2.24. The molecule has 9 nitrogen and oxygen atoms in total. The molecule has 2 rings (SSSR count). The number of ether oxygens (including phenoxy) is 2.